The average molecular weight is 337 g/mol. The summed E-state index contributed by atoms with van der Waals surface area (Å²) in [5.74, 6) is -0.452. The summed E-state index contributed by atoms with van der Waals surface area (Å²) in [6.45, 7) is 2.25. The molecule has 1 aromatic heterocycles. The molecule has 0 unspecified atom stereocenters. The lowest BCUT2D eigenvalue weighted by Gasteiger charge is -2.06. The maximum atomic E-state index is 12.2. The van der Waals surface area contributed by atoms with E-state index in [9.17, 15) is 13.2 Å². The SMILES string of the molecule is CCCc1ccc(S(=O)(=O)NC(=O)c2ccc(COC)o2)cc1. The fraction of sp³-hybridized carbons (Fsp3) is 0.312. The third-order valence-electron chi connectivity index (χ3n) is 3.17. The summed E-state index contributed by atoms with van der Waals surface area (Å²) in [4.78, 5) is 12.0. The highest BCUT2D eigenvalue weighted by Crippen LogP contribution is 2.14. The molecule has 6 nitrogen and oxygen atoms in total. The Balaban J connectivity index is 2.11. The van der Waals surface area contributed by atoms with E-state index < -0.39 is 15.9 Å². The minimum atomic E-state index is -3.93. The number of methoxy groups -OCH3 is 1. The van der Waals surface area contributed by atoms with Gasteiger partial charge in [-0.05, 0) is 36.2 Å². The van der Waals surface area contributed by atoms with Crippen LogP contribution in [0.4, 0.5) is 0 Å². The molecule has 7 heteroatoms. The second kappa shape index (κ2) is 7.43. The molecule has 0 saturated carbocycles. The van der Waals surface area contributed by atoms with Gasteiger partial charge in [-0.3, -0.25) is 4.79 Å². The number of hydrogen-bond acceptors (Lipinski definition) is 5. The van der Waals surface area contributed by atoms with Crippen molar-refractivity contribution in [1.82, 2.24) is 4.72 Å². The minimum Gasteiger partial charge on any atom is -0.453 e. The molecule has 0 bridgehead atoms. The van der Waals surface area contributed by atoms with Gasteiger partial charge < -0.3 is 9.15 Å². The molecule has 0 atom stereocenters. The normalized spacial score (nSPS) is 11.4. The van der Waals surface area contributed by atoms with Crippen LogP contribution in [0.25, 0.3) is 0 Å². The van der Waals surface area contributed by atoms with Crippen LogP contribution in [0.15, 0.2) is 45.7 Å². The van der Waals surface area contributed by atoms with E-state index in [0.717, 1.165) is 18.4 Å². The molecule has 124 valence electrons. The first-order valence-electron chi connectivity index (χ1n) is 7.20. The second-order valence-corrected chi connectivity index (χ2v) is 6.71. The molecule has 0 radical (unpaired) electrons. The van der Waals surface area contributed by atoms with E-state index in [0.29, 0.717) is 5.76 Å². The highest BCUT2D eigenvalue weighted by molar-refractivity contribution is 7.90. The predicted octanol–water partition coefficient (Wildman–Crippen LogP) is 2.50. The summed E-state index contributed by atoms with van der Waals surface area (Å²) < 4.78 is 36.5. The maximum Gasteiger partial charge on any atom is 0.300 e. The Hall–Kier alpha value is -2.12. The Morgan fingerprint density at radius 2 is 1.87 bits per heavy atom. The van der Waals surface area contributed by atoms with Crippen molar-refractivity contribution in [2.45, 2.75) is 31.3 Å². The molecule has 1 aromatic carbocycles. The van der Waals surface area contributed by atoms with E-state index in [4.69, 9.17) is 9.15 Å². The summed E-state index contributed by atoms with van der Waals surface area (Å²) in [5.41, 5.74) is 1.05. The number of sulfonamides is 1. The summed E-state index contributed by atoms with van der Waals surface area (Å²) in [7, 11) is -2.44. The van der Waals surface area contributed by atoms with Crippen molar-refractivity contribution in [2.75, 3.05) is 7.11 Å². The number of ether oxygens (including phenoxy) is 1. The molecule has 0 aliphatic rings. The van der Waals surface area contributed by atoms with E-state index in [2.05, 4.69) is 0 Å². The molecule has 2 rings (SSSR count). The van der Waals surface area contributed by atoms with Crippen molar-refractivity contribution in [3.8, 4) is 0 Å². The second-order valence-electron chi connectivity index (χ2n) is 5.03. The number of furan rings is 1. The summed E-state index contributed by atoms with van der Waals surface area (Å²) in [5, 5.41) is 0. The highest BCUT2D eigenvalue weighted by atomic mass is 32.2. The van der Waals surface area contributed by atoms with Crippen molar-refractivity contribution in [1.29, 1.82) is 0 Å². The molecule has 0 saturated heterocycles. The van der Waals surface area contributed by atoms with E-state index in [-0.39, 0.29) is 17.3 Å². The quantitative estimate of drug-likeness (QED) is 0.839. The smallest absolute Gasteiger partial charge is 0.300 e. The van der Waals surface area contributed by atoms with Crippen molar-refractivity contribution >= 4 is 15.9 Å². The van der Waals surface area contributed by atoms with Gasteiger partial charge in [-0.25, -0.2) is 13.1 Å². The molecule has 1 amide bonds. The zero-order valence-electron chi connectivity index (χ0n) is 13.0. The number of carbonyl (C=O) groups is 1. The number of aryl methyl sites for hydroxylation is 1. The molecular weight excluding hydrogens is 318 g/mol. The van der Waals surface area contributed by atoms with Crippen LogP contribution in [0.1, 0.15) is 35.2 Å². The van der Waals surface area contributed by atoms with Gasteiger partial charge in [-0.1, -0.05) is 25.5 Å². The van der Waals surface area contributed by atoms with Gasteiger partial charge >= 0.3 is 5.91 Å². The van der Waals surface area contributed by atoms with Gasteiger partial charge in [0.15, 0.2) is 5.76 Å². The Bertz CT molecular complexity index is 762. The summed E-state index contributed by atoms with van der Waals surface area (Å²) in [6, 6.07) is 9.42. The van der Waals surface area contributed by atoms with Crippen LogP contribution in [0.3, 0.4) is 0 Å². The number of nitrogens with one attached hydrogen (secondary N) is 1. The first-order chi connectivity index (χ1) is 11.0. The van der Waals surface area contributed by atoms with Crippen molar-refractivity contribution in [3.05, 3.63) is 53.5 Å². The monoisotopic (exact) mass is 337 g/mol. The van der Waals surface area contributed by atoms with Gasteiger partial charge in [-0.15, -0.1) is 0 Å². The van der Waals surface area contributed by atoms with Gasteiger partial charge in [-0.2, -0.15) is 0 Å². The molecule has 0 fully saturated rings. The Kier molecular flexibility index (Phi) is 5.57. The zero-order valence-corrected chi connectivity index (χ0v) is 13.9. The molecule has 0 aliphatic carbocycles. The third-order valence-corrected chi connectivity index (χ3v) is 4.52. The number of rotatable bonds is 7. The summed E-state index contributed by atoms with van der Waals surface area (Å²) in [6.07, 6.45) is 1.85. The first-order valence-corrected chi connectivity index (χ1v) is 8.68. The van der Waals surface area contributed by atoms with Crippen molar-refractivity contribution < 1.29 is 22.4 Å². The summed E-state index contributed by atoms with van der Waals surface area (Å²) >= 11 is 0. The first kappa shape index (κ1) is 17.2. The zero-order chi connectivity index (χ0) is 16.9. The lowest BCUT2D eigenvalue weighted by atomic mass is 10.1. The van der Waals surface area contributed by atoms with Gasteiger partial charge in [0, 0.05) is 7.11 Å². The maximum absolute atomic E-state index is 12.2. The van der Waals surface area contributed by atoms with Crippen molar-refractivity contribution in [3.63, 3.8) is 0 Å². The lowest BCUT2D eigenvalue weighted by molar-refractivity contribution is 0.0945. The number of benzene rings is 1. The highest BCUT2D eigenvalue weighted by Gasteiger charge is 2.20. The molecule has 0 spiro atoms. The van der Waals surface area contributed by atoms with Crippen LogP contribution in [-0.4, -0.2) is 21.4 Å². The average Bonchev–Trinajstić information content (AvgIpc) is 2.97. The number of hydrogen-bond donors (Lipinski definition) is 1. The molecule has 1 N–H and O–H groups in total. The van der Waals surface area contributed by atoms with Gasteiger partial charge in [0.05, 0.1) is 4.90 Å². The van der Waals surface area contributed by atoms with Gasteiger partial charge in [0.1, 0.15) is 12.4 Å². The van der Waals surface area contributed by atoms with Gasteiger partial charge in [0.2, 0.25) is 0 Å². The number of carbonyl (C=O) groups excluding carboxylic acids is 1. The van der Waals surface area contributed by atoms with Crippen LogP contribution >= 0.6 is 0 Å². The Morgan fingerprint density at radius 1 is 1.17 bits per heavy atom. The molecule has 1 heterocycles. The van der Waals surface area contributed by atoms with Gasteiger partial charge in [0.25, 0.3) is 10.0 Å². The molecular formula is C16H19NO5S. The third kappa shape index (κ3) is 4.43. The van der Waals surface area contributed by atoms with E-state index in [1.165, 1.54) is 25.3 Å². The number of amides is 1. The van der Waals surface area contributed by atoms with E-state index in [1.807, 2.05) is 11.6 Å². The lowest BCUT2D eigenvalue weighted by Crippen LogP contribution is -2.30. The van der Waals surface area contributed by atoms with Crippen LogP contribution in [0, 0.1) is 0 Å². The van der Waals surface area contributed by atoms with Crippen molar-refractivity contribution in [2.24, 2.45) is 0 Å². The van der Waals surface area contributed by atoms with Crippen LogP contribution in [0.2, 0.25) is 0 Å². The Labute approximate surface area is 135 Å². The fourth-order valence-corrected chi connectivity index (χ4v) is 3.03. The molecule has 0 aliphatic heterocycles. The van der Waals surface area contributed by atoms with E-state index in [1.54, 1.807) is 18.2 Å². The fourth-order valence-electron chi connectivity index (χ4n) is 2.07. The van der Waals surface area contributed by atoms with Crippen LogP contribution < -0.4 is 4.72 Å². The topological polar surface area (TPSA) is 85.6 Å². The minimum absolute atomic E-state index is 0.0365. The Morgan fingerprint density at radius 3 is 2.48 bits per heavy atom. The van der Waals surface area contributed by atoms with E-state index >= 15 is 0 Å². The molecule has 2 aromatic rings. The van der Waals surface area contributed by atoms with Crippen LogP contribution in [0.5, 0.6) is 0 Å². The largest absolute Gasteiger partial charge is 0.453 e. The standard InChI is InChI=1S/C16H19NO5S/c1-3-4-12-5-8-14(9-6-12)23(19,20)17-16(18)15-10-7-13(22-15)11-21-2/h5-10H,3-4,11H2,1-2H3,(H,17,18). The molecule has 23 heavy (non-hydrogen) atoms. The van der Waals surface area contributed by atoms with Crippen LogP contribution in [-0.2, 0) is 27.8 Å². The predicted molar refractivity (Wildman–Crippen MR) is 84.5 cm³/mol.